The zero-order chi connectivity index (χ0) is 15.6. The number of likely N-dealkylation sites (tertiary alicyclic amines) is 1. The molecule has 1 saturated heterocycles. The van der Waals surface area contributed by atoms with E-state index in [1.165, 1.54) is 4.90 Å². The molecule has 0 aromatic carbocycles. The van der Waals surface area contributed by atoms with Crippen molar-refractivity contribution in [3.8, 4) is 0 Å². The number of aliphatic carboxylic acids is 1. The predicted octanol–water partition coefficient (Wildman–Crippen LogP) is -0.883. The first-order valence-corrected chi connectivity index (χ1v) is 7.13. The fraction of sp³-hybridized carbons (Fsp3) is 0.769. The van der Waals surface area contributed by atoms with Crippen LogP contribution in [0.2, 0.25) is 0 Å². The molecule has 1 aliphatic heterocycles. The van der Waals surface area contributed by atoms with Crippen molar-refractivity contribution in [1.82, 2.24) is 10.2 Å². The number of urea groups is 1. The molecular weight excluding hydrogens is 278 g/mol. The van der Waals surface area contributed by atoms with Crippen LogP contribution in [0.5, 0.6) is 0 Å². The van der Waals surface area contributed by atoms with E-state index in [-0.39, 0.29) is 24.9 Å². The van der Waals surface area contributed by atoms with Gasteiger partial charge in [-0.3, -0.25) is 4.79 Å². The summed E-state index contributed by atoms with van der Waals surface area (Å²) in [5, 5.41) is 21.3. The summed E-state index contributed by atoms with van der Waals surface area (Å²) in [5.74, 6) is -1.41. The van der Waals surface area contributed by atoms with E-state index in [4.69, 9.17) is 10.8 Å². The summed E-state index contributed by atoms with van der Waals surface area (Å²) in [6.45, 7) is 0.982. The van der Waals surface area contributed by atoms with Gasteiger partial charge in [0.15, 0.2) is 0 Å². The van der Waals surface area contributed by atoms with Crippen LogP contribution in [-0.2, 0) is 9.59 Å². The monoisotopic (exact) mass is 299 g/mol. The molecule has 4 unspecified atom stereocenters. The Hall–Kier alpha value is -1.83. The molecule has 2 aliphatic rings. The van der Waals surface area contributed by atoms with Crippen molar-refractivity contribution in [3.05, 3.63) is 0 Å². The maximum absolute atomic E-state index is 12.1. The highest BCUT2D eigenvalue weighted by atomic mass is 16.4. The van der Waals surface area contributed by atoms with Crippen molar-refractivity contribution in [2.24, 2.45) is 17.6 Å². The van der Waals surface area contributed by atoms with Gasteiger partial charge in [-0.25, -0.2) is 9.59 Å². The van der Waals surface area contributed by atoms with Gasteiger partial charge in [0.05, 0.1) is 6.10 Å². The second kappa shape index (κ2) is 6.30. The van der Waals surface area contributed by atoms with Crippen LogP contribution in [-0.4, -0.2) is 58.3 Å². The smallest absolute Gasteiger partial charge is 0.326 e. The second-order valence-corrected chi connectivity index (χ2v) is 5.82. The summed E-state index contributed by atoms with van der Waals surface area (Å²) in [6.07, 6.45) is 1.15. The van der Waals surface area contributed by atoms with Crippen molar-refractivity contribution in [2.75, 3.05) is 13.1 Å². The van der Waals surface area contributed by atoms with Gasteiger partial charge in [0.2, 0.25) is 5.91 Å². The van der Waals surface area contributed by atoms with Gasteiger partial charge in [-0.1, -0.05) is 0 Å². The van der Waals surface area contributed by atoms with E-state index in [1.807, 2.05) is 0 Å². The Balaban J connectivity index is 1.88. The van der Waals surface area contributed by atoms with Gasteiger partial charge in [0.1, 0.15) is 6.04 Å². The number of aliphatic hydroxyl groups excluding tert-OH is 1. The lowest BCUT2D eigenvalue weighted by Crippen LogP contribution is -2.48. The number of nitrogens with two attached hydrogens (primary N) is 1. The summed E-state index contributed by atoms with van der Waals surface area (Å²) in [7, 11) is 0. The molecule has 0 aromatic rings. The Bertz CT molecular complexity index is 442. The first-order valence-electron chi connectivity index (χ1n) is 7.13. The number of nitrogens with one attached hydrogen (secondary N) is 1. The molecule has 2 rings (SSSR count). The van der Waals surface area contributed by atoms with Gasteiger partial charge >= 0.3 is 12.0 Å². The fourth-order valence-corrected chi connectivity index (χ4v) is 3.19. The lowest BCUT2D eigenvalue weighted by atomic mass is 10.00. The number of primary amides is 1. The highest BCUT2D eigenvalue weighted by molar-refractivity contribution is 5.83. The van der Waals surface area contributed by atoms with Crippen LogP contribution in [0.15, 0.2) is 0 Å². The quantitative estimate of drug-likeness (QED) is 0.523. The van der Waals surface area contributed by atoms with Gasteiger partial charge in [-0.15, -0.1) is 0 Å². The molecule has 0 spiro atoms. The highest BCUT2D eigenvalue weighted by Gasteiger charge is 2.43. The SMILES string of the molecule is NC(=O)CCC(NC(=O)N1CC2CCC(O)C2C1)C(=O)O. The van der Waals surface area contributed by atoms with Crippen LogP contribution >= 0.6 is 0 Å². The normalized spacial score (nSPS) is 29.0. The molecule has 3 amide bonds. The molecule has 0 radical (unpaired) electrons. The third-order valence-electron chi connectivity index (χ3n) is 4.38. The number of hydrogen-bond acceptors (Lipinski definition) is 4. The van der Waals surface area contributed by atoms with E-state index in [2.05, 4.69) is 5.32 Å². The highest BCUT2D eigenvalue weighted by Crippen LogP contribution is 2.37. The van der Waals surface area contributed by atoms with Gasteiger partial charge in [-0.05, 0) is 25.2 Å². The number of carbonyl (C=O) groups excluding carboxylic acids is 2. The van der Waals surface area contributed by atoms with Gasteiger partial charge in [-0.2, -0.15) is 0 Å². The molecule has 0 bridgehead atoms. The molecule has 1 saturated carbocycles. The third-order valence-corrected chi connectivity index (χ3v) is 4.38. The van der Waals surface area contributed by atoms with E-state index in [0.717, 1.165) is 12.8 Å². The molecule has 118 valence electrons. The Kier molecular flexibility index (Phi) is 4.66. The Labute approximate surface area is 122 Å². The first-order chi connectivity index (χ1) is 9.88. The number of nitrogens with zero attached hydrogens (tertiary/aromatic N) is 1. The van der Waals surface area contributed by atoms with Crippen LogP contribution in [0.3, 0.4) is 0 Å². The zero-order valence-corrected chi connectivity index (χ0v) is 11.7. The predicted molar refractivity (Wildman–Crippen MR) is 72.2 cm³/mol. The first kappa shape index (κ1) is 15.6. The van der Waals surface area contributed by atoms with Gasteiger partial charge in [0.25, 0.3) is 0 Å². The zero-order valence-electron chi connectivity index (χ0n) is 11.7. The van der Waals surface area contributed by atoms with Crippen molar-refractivity contribution in [1.29, 1.82) is 0 Å². The van der Waals surface area contributed by atoms with E-state index in [0.29, 0.717) is 19.0 Å². The van der Waals surface area contributed by atoms with Crippen molar-refractivity contribution < 1.29 is 24.6 Å². The minimum atomic E-state index is -1.19. The number of hydrogen-bond donors (Lipinski definition) is 4. The standard InChI is InChI=1S/C13H21N3O5/c14-11(18)4-2-9(12(19)20)15-13(21)16-5-7-1-3-10(17)8(7)6-16/h7-10,17H,1-6H2,(H2,14,18)(H,15,21)(H,19,20). The summed E-state index contributed by atoms with van der Waals surface area (Å²) in [6, 6.07) is -1.59. The number of carboxylic acid groups (broad SMARTS) is 1. The second-order valence-electron chi connectivity index (χ2n) is 5.82. The number of carboxylic acids is 1. The van der Waals surface area contributed by atoms with Crippen LogP contribution in [0.1, 0.15) is 25.7 Å². The summed E-state index contributed by atoms with van der Waals surface area (Å²) in [5.41, 5.74) is 4.99. The molecule has 21 heavy (non-hydrogen) atoms. The minimum absolute atomic E-state index is 0.0280. The van der Waals surface area contributed by atoms with E-state index < -0.39 is 23.9 Å². The molecule has 5 N–H and O–H groups in total. The maximum atomic E-state index is 12.1. The Morgan fingerprint density at radius 3 is 2.57 bits per heavy atom. The molecule has 4 atom stereocenters. The average molecular weight is 299 g/mol. The average Bonchev–Trinajstić information content (AvgIpc) is 2.96. The Morgan fingerprint density at radius 2 is 2.00 bits per heavy atom. The largest absolute Gasteiger partial charge is 0.480 e. The van der Waals surface area contributed by atoms with Gasteiger partial charge < -0.3 is 26.2 Å². The number of rotatable bonds is 5. The number of fused-ring (bicyclic) bond motifs is 1. The summed E-state index contributed by atoms with van der Waals surface area (Å²) >= 11 is 0. The lowest BCUT2D eigenvalue weighted by molar-refractivity contribution is -0.139. The molecule has 2 fully saturated rings. The van der Waals surface area contributed by atoms with Gasteiger partial charge in [0, 0.05) is 25.4 Å². The minimum Gasteiger partial charge on any atom is -0.480 e. The lowest BCUT2D eigenvalue weighted by Gasteiger charge is -2.22. The molecule has 1 aliphatic carbocycles. The fourth-order valence-electron chi connectivity index (χ4n) is 3.19. The van der Waals surface area contributed by atoms with Crippen LogP contribution < -0.4 is 11.1 Å². The van der Waals surface area contributed by atoms with Crippen molar-refractivity contribution >= 4 is 17.9 Å². The molecule has 8 nitrogen and oxygen atoms in total. The third kappa shape index (κ3) is 3.63. The van der Waals surface area contributed by atoms with Crippen LogP contribution in [0, 0.1) is 11.8 Å². The topological polar surface area (TPSA) is 133 Å². The van der Waals surface area contributed by atoms with E-state index in [1.54, 1.807) is 0 Å². The van der Waals surface area contributed by atoms with E-state index >= 15 is 0 Å². The molecule has 0 aromatic heterocycles. The number of amides is 3. The van der Waals surface area contributed by atoms with E-state index in [9.17, 15) is 19.5 Å². The van der Waals surface area contributed by atoms with Crippen LogP contribution in [0.4, 0.5) is 4.79 Å². The molecule has 8 heteroatoms. The van der Waals surface area contributed by atoms with Crippen molar-refractivity contribution in [3.63, 3.8) is 0 Å². The van der Waals surface area contributed by atoms with Crippen LogP contribution in [0.25, 0.3) is 0 Å². The molecule has 1 heterocycles. The summed E-state index contributed by atoms with van der Waals surface area (Å²) in [4.78, 5) is 35.4. The maximum Gasteiger partial charge on any atom is 0.326 e. The van der Waals surface area contributed by atoms with Crippen molar-refractivity contribution in [2.45, 2.75) is 37.8 Å². The Morgan fingerprint density at radius 1 is 1.29 bits per heavy atom. The molecular formula is C13H21N3O5. The number of carbonyl (C=O) groups is 3. The summed E-state index contributed by atoms with van der Waals surface area (Å²) < 4.78 is 0. The number of aliphatic hydroxyl groups is 1.